The number of thioether (sulfide) groups is 1. The minimum Gasteiger partial charge on any atom is -0.486 e. The predicted molar refractivity (Wildman–Crippen MR) is 93.8 cm³/mol. The van der Waals surface area contributed by atoms with Crippen LogP contribution in [0.4, 0.5) is 4.39 Å². The molecule has 0 amide bonds. The molecule has 1 aliphatic rings. The van der Waals surface area contributed by atoms with Gasteiger partial charge >= 0.3 is 0 Å². The summed E-state index contributed by atoms with van der Waals surface area (Å²) in [6.07, 6.45) is 1.43. The zero-order chi connectivity index (χ0) is 17.9. The number of fused-ring (bicyclic) bond motifs is 1. The molecule has 0 saturated carbocycles. The second-order valence-corrected chi connectivity index (χ2v) is 6.45. The largest absolute Gasteiger partial charge is 0.486 e. The molecule has 0 radical (unpaired) electrons. The number of benzene rings is 2. The summed E-state index contributed by atoms with van der Waals surface area (Å²) in [5.41, 5.74) is 0.866. The Morgan fingerprint density at radius 2 is 1.96 bits per heavy atom. The fourth-order valence-corrected chi connectivity index (χ4v) is 3.38. The van der Waals surface area contributed by atoms with Gasteiger partial charge in [-0.15, -0.1) is 10.2 Å². The molecular formula is C18H14FN3O3S. The Hall–Kier alpha value is -2.87. The predicted octanol–water partition coefficient (Wildman–Crippen LogP) is 3.15. The first-order chi connectivity index (χ1) is 12.7. The van der Waals surface area contributed by atoms with Crippen LogP contribution < -0.4 is 9.47 Å². The minimum atomic E-state index is -0.382. The standard InChI is InChI=1S/C18H14FN3O3S/c19-13-3-1-2-4-14(13)22-11-20-21-18(22)26-10-15(23)12-5-6-16-17(9-12)25-8-7-24-16/h1-6,9,11H,7-8,10H2. The second kappa shape index (κ2) is 7.17. The van der Waals surface area contributed by atoms with Crippen molar-refractivity contribution in [1.29, 1.82) is 0 Å². The number of halogens is 1. The van der Waals surface area contributed by atoms with Gasteiger partial charge in [-0.05, 0) is 30.3 Å². The van der Waals surface area contributed by atoms with Crippen LogP contribution in [0.2, 0.25) is 0 Å². The molecule has 0 spiro atoms. The van der Waals surface area contributed by atoms with Gasteiger partial charge < -0.3 is 9.47 Å². The number of ether oxygens (including phenoxy) is 2. The highest BCUT2D eigenvalue weighted by molar-refractivity contribution is 7.99. The summed E-state index contributed by atoms with van der Waals surface area (Å²) in [6.45, 7) is 0.965. The average Bonchev–Trinajstić information content (AvgIpc) is 3.14. The Kier molecular flexibility index (Phi) is 4.57. The maximum absolute atomic E-state index is 14.0. The van der Waals surface area contributed by atoms with E-state index in [1.54, 1.807) is 36.4 Å². The van der Waals surface area contributed by atoms with Gasteiger partial charge in [-0.1, -0.05) is 23.9 Å². The summed E-state index contributed by atoms with van der Waals surface area (Å²) in [7, 11) is 0. The number of nitrogens with zero attached hydrogens (tertiary/aromatic N) is 3. The van der Waals surface area contributed by atoms with E-state index in [0.717, 1.165) is 0 Å². The molecule has 0 atom stereocenters. The molecule has 26 heavy (non-hydrogen) atoms. The highest BCUT2D eigenvalue weighted by atomic mass is 32.2. The van der Waals surface area contributed by atoms with Crippen molar-refractivity contribution in [1.82, 2.24) is 14.8 Å². The molecule has 0 unspecified atom stereocenters. The number of aromatic nitrogens is 3. The molecule has 0 fully saturated rings. The first-order valence-corrected chi connectivity index (χ1v) is 8.91. The molecule has 132 valence electrons. The fourth-order valence-electron chi connectivity index (χ4n) is 2.57. The van der Waals surface area contributed by atoms with Crippen molar-refractivity contribution in [2.24, 2.45) is 0 Å². The number of ketones is 1. The topological polar surface area (TPSA) is 66.2 Å². The van der Waals surface area contributed by atoms with Crippen molar-refractivity contribution in [2.75, 3.05) is 19.0 Å². The normalized spacial score (nSPS) is 12.8. The number of para-hydroxylation sites is 1. The van der Waals surface area contributed by atoms with Crippen molar-refractivity contribution in [3.05, 3.63) is 60.2 Å². The Bertz CT molecular complexity index is 960. The van der Waals surface area contributed by atoms with Gasteiger partial charge in [-0.3, -0.25) is 9.36 Å². The van der Waals surface area contributed by atoms with Gasteiger partial charge in [0.2, 0.25) is 0 Å². The lowest BCUT2D eigenvalue weighted by Crippen LogP contribution is -2.16. The highest BCUT2D eigenvalue weighted by Gasteiger charge is 2.17. The molecule has 2 heterocycles. The number of carbonyl (C=O) groups is 1. The van der Waals surface area contributed by atoms with Gasteiger partial charge in [0.25, 0.3) is 0 Å². The quantitative estimate of drug-likeness (QED) is 0.507. The molecule has 1 aliphatic heterocycles. The molecule has 2 aromatic carbocycles. The highest BCUT2D eigenvalue weighted by Crippen LogP contribution is 2.31. The Morgan fingerprint density at radius 3 is 2.81 bits per heavy atom. The van der Waals surface area contributed by atoms with E-state index in [9.17, 15) is 9.18 Å². The zero-order valence-corrected chi connectivity index (χ0v) is 14.4. The van der Waals surface area contributed by atoms with Crippen LogP contribution in [0.15, 0.2) is 53.9 Å². The number of hydrogen-bond donors (Lipinski definition) is 0. The van der Waals surface area contributed by atoms with E-state index in [2.05, 4.69) is 10.2 Å². The molecule has 8 heteroatoms. The maximum atomic E-state index is 14.0. The van der Waals surface area contributed by atoms with Crippen molar-refractivity contribution >= 4 is 17.5 Å². The Labute approximate surface area is 153 Å². The molecule has 3 aromatic rings. The molecule has 4 rings (SSSR count). The summed E-state index contributed by atoms with van der Waals surface area (Å²) in [5, 5.41) is 8.25. The molecule has 6 nitrogen and oxygen atoms in total. The molecule has 1 aromatic heterocycles. The van der Waals surface area contributed by atoms with Gasteiger partial charge in [0.05, 0.1) is 11.4 Å². The fraction of sp³-hybridized carbons (Fsp3) is 0.167. The van der Waals surface area contributed by atoms with Crippen LogP contribution in [0.3, 0.4) is 0 Å². The third kappa shape index (κ3) is 3.28. The smallest absolute Gasteiger partial charge is 0.196 e. The van der Waals surface area contributed by atoms with E-state index in [1.807, 2.05) is 0 Å². The van der Waals surface area contributed by atoms with Crippen molar-refractivity contribution in [3.8, 4) is 17.2 Å². The summed E-state index contributed by atoms with van der Waals surface area (Å²) in [4.78, 5) is 12.5. The van der Waals surface area contributed by atoms with Crippen molar-refractivity contribution < 1.29 is 18.7 Å². The lowest BCUT2D eigenvalue weighted by molar-refractivity contribution is 0.102. The van der Waals surface area contributed by atoms with Gasteiger partial charge in [0.15, 0.2) is 22.4 Å². The van der Waals surface area contributed by atoms with E-state index in [0.29, 0.717) is 41.1 Å². The Balaban J connectivity index is 1.49. The first-order valence-electron chi connectivity index (χ1n) is 7.93. The Morgan fingerprint density at radius 1 is 1.15 bits per heavy atom. The van der Waals surface area contributed by atoms with E-state index in [1.165, 1.54) is 28.7 Å². The van der Waals surface area contributed by atoms with E-state index in [4.69, 9.17) is 9.47 Å². The molecular weight excluding hydrogens is 357 g/mol. The van der Waals surface area contributed by atoms with Crippen molar-refractivity contribution in [3.63, 3.8) is 0 Å². The van der Waals surface area contributed by atoms with Crippen LogP contribution in [-0.4, -0.2) is 39.5 Å². The van der Waals surface area contributed by atoms with Crippen LogP contribution in [0, 0.1) is 5.82 Å². The van der Waals surface area contributed by atoms with Gasteiger partial charge in [0, 0.05) is 5.56 Å². The monoisotopic (exact) mass is 371 g/mol. The number of Topliss-reactive ketones (excluding diaryl/α,β-unsaturated/α-hetero) is 1. The van der Waals surface area contributed by atoms with E-state index < -0.39 is 0 Å². The SMILES string of the molecule is O=C(CSc1nncn1-c1ccccc1F)c1ccc2c(c1)OCCO2. The second-order valence-electron chi connectivity index (χ2n) is 5.51. The number of carbonyl (C=O) groups excluding carboxylic acids is 1. The average molecular weight is 371 g/mol. The zero-order valence-electron chi connectivity index (χ0n) is 13.6. The molecule has 0 N–H and O–H groups in total. The van der Waals surface area contributed by atoms with Crippen LogP contribution in [-0.2, 0) is 0 Å². The summed E-state index contributed by atoms with van der Waals surface area (Å²) >= 11 is 1.20. The van der Waals surface area contributed by atoms with Gasteiger partial charge in [-0.2, -0.15) is 0 Å². The minimum absolute atomic E-state index is 0.0879. The third-order valence-electron chi connectivity index (χ3n) is 3.82. The van der Waals surface area contributed by atoms with Gasteiger partial charge in [-0.25, -0.2) is 4.39 Å². The lowest BCUT2D eigenvalue weighted by atomic mass is 10.1. The van der Waals surface area contributed by atoms with E-state index >= 15 is 0 Å². The van der Waals surface area contributed by atoms with E-state index in [-0.39, 0.29) is 17.4 Å². The lowest BCUT2D eigenvalue weighted by Gasteiger charge is -2.18. The van der Waals surface area contributed by atoms with Crippen LogP contribution in [0.25, 0.3) is 5.69 Å². The third-order valence-corrected chi connectivity index (χ3v) is 4.77. The van der Waals surface area contributed by atoms with Crippen LogP contribution in [0.1, 0.15) is 10.4 Å². The molecule has 0 bridgehead atoms. The molecule has 0 saturated heterocycles. The van der Waals surface area contributed by atoms with Gasteiger partial charge in [0.1, 0.15) is 25.4 Å². The summed E-state index contributed by atoms with van der Waals surface area (Å²) in [5.74, 6) is 0.885. The summed E-state index contributed by atoms with van der Waals surface area (Å²) in [6, 6.07) is 11.5. The summed E-state index contributed by atoms with van der Waals surface area (Å²) < 4.78 is 26.5. The first kappa shape index (κ1) is 16.6. The van der Waals surface area contributed by atoms with Crippen molar-refractivity contribution in [2.45, 2.75) is 5.16 Å². The van der Waals surface area contributed by atoms with Crippen LogP contribution >= 0.6 is 11.8 Å². The number of rotatable bonds is 5. The van der Waals surface area contributed by atoms with Crippen LogP contribution in [0.5, 0.6) is 11.5 Å². The molecule has 0 aliphatic carbocycles. The maximum Gasteiger partial charge on any atom is 0.196 e. The number of hydrogen-bond acceptors (Lipinski definition) is 6.